The number of benzene rings is 3. The standard InChI is InChI=1S/C29H21Cl3F7NO2/c1-40(14-28(34,35)36)26(42)27(8-9-27)13-24(41)19-7-6-18(16-4-2-3-5-17(16)19)23(33)12-20(29(37,38)39)15-10-21(30)25(32)22(31)11-15/h2-7,10-12,20H,8-9,13-14H2,1H3/b23-12-. The molecule has 1 atom stereocenters. The highest BCUT2D eigenvalue weighted by Crippen LogP contribution is 2.51. The Balaban J connectivity index is 1.69. The molecule has 1 fully saturated rings. The first-order valence-electron chi connectivity index (χ1n) is 12.4. The molecule has 0 aromatic heterocycles. The molecule has 0 heterocycles. The number of hydrogen-bond acceptors (Lipinski definition) is 2. The number of amides is 1. The predicted molar refractivity (Wildman–Crippen MR) is 148 cm³/mol. The fourth-order valence-electron chi connectivity index (χ4n) is 4.89. The zero-order chi connectivity index (χ0) is 31.2. The molecule has 0 radical (unpaired) electrons. The lowest BCUT2D eigenvalue weighted by atomic mass is 9.89. The van der Waals surface area contributed by atoms with Crippen molar-refractivity contribution in [2.75, 3.05) is 13.6 Å². The van der Waals surface area contributed by atoms with E-state index in [9.17, 15) is 35.9 Å². The summed E-state index contributed by atoms with van der Waals surface area (Å²) in [4.78, 5) is 26.6. The molecule has 0 bridgehead atoms. The van der Waals surface area contributed by atoms with Crippen molar-refractivity contribution >= 4 is 63.1 Å². The van der Waals surface area contributed by atoms with Gasteiger partial charge in [-0.15, -0.1) is 0 Å². The monoisotopic (exact) mass is 653 g/mol. The highest BCUT2D eigenvalue weighted by atomic mass is 35.5. The molecule has 4 rings (SSSR count). The summed E-state index contributed by atoms with van der Waals surface area (Å²) < 4.78 is 96.1. The Morgan fingerprint density at radius 1 is 0.929 bits per heavy atom. The van der Waals surface area contributed by atoms with Crippen molar-refractivity contribution in [2.45, 2.75) is 37.5 Å². The Bertz CT molecular complexity index is 1560. The van der Waals surface area contributed by atoms with Crippen LogP contribution in [0.5, 0.6) is 0 Å². The topological polar surface area (TPSA) is 37.4 Å². The van der Waals surface area contributed by atoms with E-state index in [1.807, 2.05) is 0 Å². The molecule has 3 aromatic rings. The van der Waals surface area contributed by atoms with Gasteiger partial charge in [0.05, 0.1) is 20.5 Å². The Hall–Kier alpha value is -2.82. The Morgan fingerprint density at radius 2 is 1.45 bits per heavy atom. The van der Waals surface area contributed by atoms with Gasteiger partial charge in [0, 0.05) is 24.6 Å². The van der Waals surface area contributed by atoms with Crippen molar-refractivity contribution in [3.8, 4) is 0 Å². The lowest BCUT2D eigenvalue weighted by molar-refractivity contribution is -0.161. The zero-order valence-electron chi connectivity index (χ0n) is 21.6. The molecular weight excluding hydrogens is 634 g/mol. The molecular formula is C29H21Cl3F7NO2. The van der Waals surface area contributed by atoms with Crippen LogP contribution in [0.25, 0.3) is 16.6 Å². The van der Waals surface area contributed by atoms with Crippen molar-refractivity contribution in [3.05, 3.63) is 86.4 Å². The van der Waals surface area contributed by atoms with E-state index in [1.54, 1.807) is 0 Å². The van der Waals surface area contributed by atoms with Crippen molar-refractivity contribution < 1.29 is 40.3 Å². The Morgan fingerprint density at radius 3 is 1.95 bits per heavy atom. The number of alkyl halides is 6. The summed E-state index contributed by atoms with van der Waals surface area (Å²) in [6, 6.07) is 10.2. The molecule has 0 aliphatic heterocycles. The number of ketones is 1. The number of halogens is 10. The highest BCUT2D eigenvalue weighted by Gasteiger charge is 2.53. The Labute approximate surface area is 250 Å². The number of Topliss-reactive ketones (excluding diaryl/α,β-unsaturated/α-hetero) is 1. The van der Waals surface area contributed by atoms with E-state index in [1.165, 1.54) is 30.3 Å². The normalized spacial score (nSPS) is 15.9. The number of hydrogen-bond donors (Lipinski definition) is 0. The molecule has 0 saturated heterocycles. The average Bonchev–Trinajstić information content (AvgIpc) is 3.67. The highest BCUT2D eigenvalue weighted by molar-refractivity contribution is 6.48. The van der Waals surface area contributed by atoms with Crippen LogP contribution in [-0.4, -0.2) is 42.5 Å². The second-order valence-corrected chi connectivity index (χ2v) is 11.4. The van der Waals surface area contributed by atoms with E-state index in [0.29, 0.717) is 11.0 Å². The summed E-state index contributed by atoms with van der Waals surface area (Å²) in [5, 5.41) is -0.313. The maximum atomic E-state index is 15.6. The van der Waals surface area contributed by atoms with Gasteiger partial charge in [0.25, 0.3) is 0 Å². The molecule has 1 unspecified atom stereocenters. The SMILES string of the molecule is CN(CC(F)(F)F)C(=O)C1(CC(=O)c2ccc(/C(F)=C/C(c3cc(Cl)c(Cl)c(Cl)c3)C(F)(F)F)c3ccccc23)CC1. The van der Waals surface area contributed by atoms with Gasteiger partial charge in [0.2, 0.25) is 5.91 Å². The van der Waals surface area contributed by atoms with Crippen LogP contribution in [0.4, 0.5) is 30.7 Å². The molecule has 42 heavy (non-hydrogen) atoms. The number of fused-ring (bicyclic) bond motifs is 1. The molecule has 1 aliphatic rings. The zero-order valence-corrected chi connectivity index (χ0v) is 23.9. The number of allylic oxidation sites excluding steroid dienone is 1. The quantitative estimate of drug-likeness (QED) is 0.138. The minimum atomic E-state index is -4.94. The van der Waals surface area contributed by atoms with Gasteiger partial charge >= 0.3 is 12.4 Å². The van der Waals surface area contributed by atoms with E-state index in [-0.39, 0.29) is 56.2 Å². The smallest absolute Gasteiger partial charge is 0.336 e. The van der Waals surface area contributed by atoms with Gasteiger partial charge in [0.15, 0.2) is 5.78 Å². The maximum absolute atomic E-state index is 15.6. The van der Waals surface area contributed by atoms with Crippen molar-refractivity contribution in [3.63, 3.8) is 0 Å². The molecule has 1 amide bonds. The minimum absolute atomic E-state index is 0.0586. The third-order valence-electron chi connectivity index (χ3n) is 7.08. The largest absolute Gasteiger partial charge is 0.406 e. The van der Waals surface area contributed by atoms with Crippen LogP contribution in [0.15, 0.2) is 54.6 Å². The summed E-state index contributed by atoms with van der Waals surface area (Å²) >= 11 is 17.7. The molecule has 0 N–H and O–H groups in total. The second-order valence-electron chi connectivity index (χ2n) is 10.2. The van der Waals surface area contributed by atoms with Gasteiger partial charge in [0.1, 0.15) is 18.3 Å². The van der Waals surface area contributed by atoms with Crippen LogP contribution in [0.2, 0.25) is 15.1 Å². The van der Waals surface area contributed by atoms with Gasteiger partial charge < -0.3 is 4.90 Å². The lowest BCUT2D eigenvalue weighted by Gasteiger charge is -2.24. The molecule has 224 valence electrons. The summed E-state index contributed by atoms with van der Waals surface area (Å²) in [6.07, 6.45) is -9.09. The maximum Gasteiger partial charge on any atom is 0.406 e. The number of nitrogens with zero attached hydrogens (tertiary/aromatic N) is 1. The predicted octanol–water partition coefficient (Wildman–Crippen LogP) is 9.83. The average molecular weight is 655 g/mol. The van der Waals surface area contributed by atoms with E-state index in [4.69, 9.17) is 34.8 Å². The fraction of sp³-hybridized carbons (Fsp3) is 0.310. The van der Waals surface area contributed by atoms with Gasteiger partial charge in [-0.1, -0.05) is 71.2 Å². The van der Waals surface area contributed by atoms with Crippen molar-refractivity contribution in [1.82, 2.24) is 4.90 Å². The number of carbonyl (C=O) groups excluding carboxylic acids is 2. The van der Waals surface area contributed by atoms with E-state index < -0.39 is 53.3 Å². The van der Waals surface area contributed by atoms with Gasteiger partial charge in [-0.05, 0) is 47.4 Å². The third kappa shape index (κ3) is 6.87. The van der Waals surface area contributed by atoms with E-state index in [2.05, 4.69) is 0 Å². The number of carbonyl (C=O) groups is 2. The summed E-state index contributed by atoms with van der Waals surface area (Å²) in [6.45, 7) is -1.46. The molecule has 3 nitrogen and oxygen atoms in total. The molecule has 1 saturated carbocycles. The van der Waals surface area contributed by atoms with Crippen LogP contribution in [0.3, 0.4) is 0 Å². The van der Waals surface area contributed by atoms with Gasteiger partial charge in [-0.3, -0.25) is 9.59 Å². The first-order valence-corrected chi connectivity index (χ1v) is 13.5. The van der Waals surface area contributed by atoms with Gasteiger partial charge in [-0.2, -0.15) is 26.3 Å². The van der Waals surface area contributed by atoms with Crippen LogP contribution in [0, 0.1) is 5.41 Å². The van der Waals surface area contributed by atoms with Crippen LogP contribution in [-0.2, 0) is 4.79 Å². The van der Waals surface area contributed by atoms with Crippen LogP contribution >= 0.6 is 34.8 Å². The minimum Gasteiger partial charge on any atom is -0.336 e. The van der Waals surface area contributed by atoms with E-state index >= 15 is 4.39 Å². The molecule has 3 aromatic carbocycles. The van der Waals surface area contributed by atoms with Crippen LogP contribution in [0.1, 0.15) is 46.7 Å². The first-order chi connectivity index (χ1) is 19.4. The first kappa shape index (κ1) is 32.1. The Kier molecular flexibility index (Phi) is 8.94. The fourth-order valence-corrected chi connectivity index (χ4v) is 5.50. The summed E-state index contributed by atoms with van der Waals surface area (Å²) in [5.74, 6) is -5.05. The van der Waals surface area contributed by atoms with Crippen molar-refractivity contribution in [2.24, 2.45) is 5.41 Å². The molecule has 1 aliphatic carbocycles. The summed E-state index contributed by atoms with van der Waals surface area (Å²) in [7, 11) is 1.01. The molecule has 13 heteroatoms. The molecule has 0 spiro atoms. The van der Waals surface area contributed by atoms with Gasteiger partial charge in [-0.25, -0.2) is 4.39 Å². The third-order valence-corrected chi connectivity index (χ3v) is 8.28. The lowest BCUT2D eigenvalue weighted by Crippen LogP contribution is -2.41. The summed E-state index contributed by atoms with van der Waals surface area (Å²) in [5.41, 5.74) is -1.89. The second kappa shape index (κ2) is 11.7. The van der Waals surface area contributed by atoms with Crippen molar-refractivity contribution in [1.29, 1.82) is 0 Å². The number of rotatable bonds is 8. The van der Waals surface area contributed by atoms with Crippen LogP contribution < -0.4 is 0 Å². The van der Waals surface area contributed by atoms with E-state index in [0.717, 1.165) is 25.2 Å².